The smallest absolute Gasteiger partial charge is 0.228 e. The van der Waals surface area contributed by atoms with Gasteiger partial charge in [-0.2, -0.15) is 10.1 Å². The summed E-state index contributed by atoms with van der Waals surface area (Å²) in [7, 11) is 0. The van der Waals surface area contributed by atoms with Crippen molar-refractivity contribution in [2.45, 2.75) is 33.4 Å². The second-order valence-corrected chi connectivity index (χ2v) is 5.27. The maximum atomic E-state index is 9.05. The maximum Gasteiger partial charge on any atom is 0.228 e. The number of aromatic nitrogens is 4. The molecule has 0 fully saturated rings. The molecule has 3 aromatic rings. The van der Waals surface area contributed by atoms with E-state index in [1.165, 1.54) is 0 Å². The van der Waals surface area contributed by atoms with Crippen molar-refractivity contribution in [2.75, 3.05) is 0 Å². The Bertz CT molecular complexity index is 759. The quantitative estimate of drug-likeness (QED) is 0.782. The predicted molar refractivity (Wildman–Crippen MR) is 81.1 cm³/mol. The normalized spacial score (nSPS) is 11.0. The summed E-state index contributed by atoms with van der Waals surface area (Å²) >= 11 is 0. The molecule has 3 rings (SSSR count). The highest BCUT2D eigenvalue weighted by Crippen LogP contribution is 2.17. The summed E-state index contributed by atoms with van der Waals surface area (Å²) in [5, 5.41) is 17.5. The number of hydrogen-bond donors (Lipinski definition) is 1. The molecule has 1 aromatic carbocycles. The fourth-order valence-corrected chi connectivity index (χ4v) is 2.34. The van der Waals surface area contributed by atoms with Crippen LogP contribution < -0.4 is 0 Å². The average molecular weight is 298 g/mol. The van der Waals surface area contributed by atoms with Crippen molar-refractivity contribution >= 4 is 0 Å². The third kappa shape index (κ3) is 3.07. The Morgan fingerprint density at radius 1 is 1.18 bits per heavy atom. The van der Waals surface area contributed by atoms with E-state index >= 15 is 0 Å². The van der Waals surface area contributed by atoms with E-state index in [4.69, 9.17) is 9.63 Å². The molecule has 2 heterocycles. The minimum atomic E-state index is 0.0282. The number of aryl methyl sites for hydroxylation is 4. The van der Waals surface area contributed by atoms with Crippen LogP contribution in [0.25, 0.3) is 11.4 Å². The molecule has 0 amide bonds. The lowest BCUT2D eigenvalue weighted by molar-refractivity contribution is 0.282. The minimum Gasteiger partial charge on any atom is -0.392 e. The molecule has 2 aromatic heterocycles. The zero-order chi connectivity index (χ0) is 15.5. The Labute approximate surface area is 128 Å². The van der Waals surface area contributed by atoms with Crippen LogP contribution in [-0.4, -0.2) is 25.0 Å². The van der Waals surface area contributed by atoms with Crippen molar-refractivity contribution in [2.24, 2.45) is 0 Å². The number of nitrogens with zero attached hydrogens (tertiary/aromatic N) is 4. The van der Waals surface area contributed by atoms with Gasteiger partial charge in [-0.1, -0.05) is 29.4 Å². The van der Waals surface area contributed by atoms with E-state index in [1.807, 2.05) is 48.9 Å². The van der Waals surface area contributed by atoms with Gasteiger partial charge in [-0.25, -0.2) is 0 Å². The number of hydrogen-bond acceptors (Lipinski definition) is 5. The highest BCUT2D eigenvalue weighted by molar-refractivity contribution is 5.54. The van der Waals surface area contributed by atoms with Crippen LogP contribution in [-0.2, 0) is 19.6 Å². The zero-order valence-corrected chi connectivity index (χ0v) is 12.7. The highest BCUT2D eigenvalue weighted by Gasteiger charge is 2.09. The van der Waals surface area contributed by atoms with E-state index in [0.717, 1.165) is 22.5 Å². The minimum absolute atomic E-state index is 0.0282. The third-order valence-corrected chi connectivity index (χ3v) is 3.50. The van der Waals surface area contributed by atoms with Gasteiger partial charge in [0.25, 0.3) is 0 Å². The van der Waals surface area contributed by atoms with Crippen LogP contribution in [0.2, 0.25) is 0 Å². The van der Waals surface area contributed by atoms with Gasteiger partial charge in [-0.05, 0) is 25.5 Å². The lowest BCUT2D eigenvalue weighted by Gasteiger charge is -2.00. The second-order valence-electron chi connectivity index (χ2n) is 5.27. The lowest BCUT2D eigenvalue weighted by atomic mass is 10.1. The molecule has 0 atom stereocenters. The molecule has 22 heavy (non-hydrogen) atoms. The van der Waals surface area contributed by atoms with E-state index in [1.54, 1.807) is 0 Å². The Kier molecular flexibility index (Phi) is 4.02. The summed E-state index contributed by atoms with van der Waals surface area (Å²) in [4.78, 5) is 4.41. The van der Waals surface area contributed by atoms with E-state index in [2.05, 4.69) is 15.2 Å². The Hall–Kier alpha value is -2.47. The van der Waals surface area contributed by atoms with Crippen LogP contribution >= 0.6 is 0 Å². The standard InChI is InChI=1S/C16H18N4O2/c1-11-9-12(2)20(18-11)8-7-15-17-16(19-22-15)14-5-3-13(10-21)4-6-14/h3-6,9,21H,7-8,10H2,1-2H3. The summed E-state index contributed by atoms with van der Waals surface area (Å²) < 4.78 is 7.23. The van der Waals surface area contributed by atoms with Crippen LogP contribution in [0, 0.1) is 13.8 Å². The number of aliphatic hydroxyl groups excluding tert-OH is 1. The molecule has 0 spiro atoms. The molecule has 0 aliphatic carbocycles. The van der Waals surface area contributed by atoms with Gasteiger partial charge in [-0.15, -0.1) is 0 Å². The molecule has 0 saturated carbocycles. The van der Waals surface area contributed by atoms with E-state index in [0.29, 0.717) is 24.7 Å². The van der Waals surface area contributed by atoms with Gasteiger partial charge in [0.2, 0.25) is 11.7 Å². The molecule has 0 aliphatic rings. The topological polar surface area (TPSA) is 77.0 Å². The first-order valence-corrected chi connectivity index (χ1v) is 7.19. The number of rotatable bonds is 5. The molecule has 0 bridgehead atoms. The molecular weight excluding hydrogens is 280 g/mol. The monoisotopic (exact) mass is 298 g/mol. The Balaban J connectivity index is 1.69. The van der Waals surface area contributed by atoms with Crippen LogP contribution in [0.3, 0.4) is 0 Å². The van der Waals surface area contributed by atoms with Crippen LogP contribution in [0.5, 0.6) is 0 Å². The Morgan fingerprint density at radius 2 is 1.95 bits per heavy atom. The highest BCUT2D eigenvalue weighted by atomic mass is 16.5. The van der Waals surface area contributed by atoms with Crippen LogP contribution in [0.4, 0.5) is 0 Å². The molecule has 6 heteroatoms. The average Bonchev–Trinajstić information content (AvgIpc) is 3.12. The fourth-order valence-electron chi connectivity index (χ4n) is 2.34. The van der Waals surface area contributed by atoms with Crippen molar-refractivity contribution < 1.29 is 9.63 Å². The van der Waals surface area contributed by atoms with E-state index in [-0.39, 0.29) is 6.61 Å². The molecule has 6 nitrogen and oxygen atoms in total. The summed E-state index contributed by atoms with van der Waals surface area (Å²) in [6.07, 6.45) is 0.643. The molecule has 0 radical (unpaired) electrons. The van der Waals surface area contributed by atoms with E-state index < -0.39 is 0 Å². The molecule has 1 N–H and O–H groups in total. The van der Waals surface area contributed by atoms with Gasteiger partial charge in [0, 0.05) is 24.2 Å². The molecule has 0 saturated heterocycles. The molecule has 0 unspecified atom stereocenters. The molecule has 0 aliphatic heterocycles. The van der Waals surface area contributed by atoms with Crippen molar-refractivity contribution in [1.82, 2.24) is 19.9 Å². The maximum absolute atomic E-state index is 9.05. The van der Waals surface area contributed by atoms with Crippen molar-refractivity contribution in [1.29, 1.82) is 0 Å². The SMILES string of the molecule is Cc1cc(C)n(CCc2nc(-c3ccc(CO)cc3)no2)n1. The second kappa shape index (κ2) is 6.11. The van der Waals surface area contributed by atoms with Crippen LogP contribution in [0.15, 0.2) is 34.9 Å². The summed E-state index contributed by atoms with van der Waals surface area (Å²) in [5.74, 6) is 1.15. The Morgan fingerprint density at radius 3 is 2.59 bits per heavy atom. The van der Waals surface area contributed by atoms with Crippen LogP contribution in [0.1, 0.15) is 22.8 Å². The van der Waals surface area contributed by atoms with Gasteiger partial charge in [-0.3, -0.25) is 4.68 Å². The van der Waals surface area contributed by atoms with Crippen molar-refractivity contribution in [3.05, 3.63) is 53.2 Å². The van der Waals surface area contributed by atoms with E-state index in [9.17, 15) is 0 Å². The molecular formula is C16H18N4O2. The van der Waals surface area contributed by atoms with Gasteiger partial charge in [0.05, 0.1) is 12.3 Å². The summed E-state index contributed by atoms with van der Waals surface area (Å²) in [6.45, 7) is 4.75. The summed E-state index contributed by atoms with van der Waals surface area (Å²) in [5.41, 5.74) is 3.86. The first-order chi connectivity index (χ1) is 10.7. The largest absolute Gasteiger partial charge is 0.392 e. The third-order valence-electron chi connectivity index (χ3n) is 3.50. The number of aliphatic hydroxyl groups is 1. The fraction of sp³-hybridized carbons (Fsp3) is 0.312. The first-order valence-electron chi connectivity index (χ1n) is 7.19. The molecule has 114 valence electrons. The predicted octanol–water partition coefficient (Wildman–Crippen LogP) is 2.28. The number of benzene rings is 1. The van der Waals surface area contributed by atoms with Gasteiger partial charge < -0.3 is 9.63 Å². The van der Waals surface area contributed by atoms with Crippen molar-refractivity contribution in [3.63, 3.8) is 0 Å². The lowest BCUT2D eigenvalue weighted by Crippen LogP contribution is -2.05. The summed E-state index contributed by atoms with van der Waals surface area (Å²) in [6, 6.07) is 9.49. The van der Waals surface area contributed by atoms with Gasteiger partial charge >= 0.3 is 0 Å². The van der Waals surface area contributed by atoms with Gasteiger partial charge in [0.1, 0.15) is 0 Å². The zero-order valence-electron chi connectivity index (χ0n) is 12.7. The van der Waals surface area contributed by atoms with Gasteiger partial charge in [0.15, 0.2) is 0 Å². The first kappa shape index (κ1) is 14.5. The van der Waals surface area contributed by atoms with Crippen molar-refractivity contribution in [3.8, 4) is 11.4 Å².